The van der Waals surface area contributed by atoms with E-state index in [0.717, 1.165) is 5.92 Å². The van der Waals surface area contributed by atoms with Crippen LogP contribution in [-0.2, 0) is 0 Å². The first-order valence-corrected chi connectivity index (χ1v) is 8.28. The summed E-state index contributed by atoms with van der Waals surface area (Å²) in [4.78, 5) is 3.99. The lowest BCUT2D eigenvalue weighted by Gasteiger charge is -2.49. The number of nitrogens with zero attached hydrogens (tertiary/aromatic N) is 1. The first-order valence-electron chi connectivity index (χ1n) is 7.40. The summed E-state index contributed by atoms with van der Waals surface area (Å²) in [6, 6.07) is 2.70. The second-order valence-corrected chi connectivity index (χ2v) is 7.32. The van der Waals surface area contributed by atoms with Crippen molar-refractivity contribution < 1.29 is 0 Å². The van der Waals surface area contributed by atoms with Gasteiger partial charge in [0, 0.05) is 10.4 Å². The zero-order valence-electron chi connectivity index (χ0n) is 13.0. The molecule has 1 atom stereocenters. The molecule has 1 fully saturated rings. The molecule has 3 heteroatoms. The number of rotatable bonds is 4. The average Bonchev–Trinajstić information content (AvgIpc) is 2.79. The minimum Gasteiger partial charge on any atom is -0.311 e. The van der Waals surface area contributed by atoms with Crippen molar-refractivity contribution in [2.45, 2.75) is 51.1 Å². The van der Waals surface area contributed by atoms with Gasteiger partial charge < -0.3 is 10.2 Å². The summed E-state index contributed by atoms with van der Waals surface area (Å²) >= 11 is 1.90. The highest BCUT2D eigenvalue weighted by Gasteiger charge is 2.43. The molecule has 0 amide bonds. The van der Waals surface area contributed by atoms with Gasteiger partial charge in [-0.15, -0.1) is 11.3 Å². The van der Waals surface area contributed by atoms with E-state index in [1.807, 2.05) is 11.3 Å². The third kappa shape index (κ3) is 2.74. The van der Waals surface area contributed by atoms with Crippen LogP contribution in [0.25, 0.3) is 0 Å². The van der Waals surface area contributed by atoms with Gasteiger partial charge in [0.05, 0.1) is 6.04 Å². The van der Waals surface area contributed by atoms with E-state index in [-0.39, 0.29) is 5.54 Å². The molecule has 1 unspecified atom stereocenters. The van der Waals surface area contributed by atoms with E-state index in [1.54, 1.807) is 0 Å². The maximum absolute atomic E-state index is 3.62. The molecule has 19 heavy (non-hydrogen) atoms. The lowest BCUT2D eigenvalue weighted by molar-refractivity contribution is 0.0465. The molecule has 1 aromatic rings. The average molecular weight is 280 g/mol. The summed E-state index contributed by atoms with van der Waals surface area (Å²) in [5.74, 6) is 0.884. The number of aryl methyl sites for hydroxylation is 1. The smallest absolute Gasteiger partial charge is 0.0601 e. The van der Waals surface area contributed by atoms with Crippen LogP contribution in [0.5, 0.6) is 0 Å². The van der Waals surface area contributed by atoms with Gasteiger partial charge in [0.15, 0.2) is 0 Å². The molecule has 0 radical (unpaired) electrons. The van der Waals surface area contributed by atoms with Crippen LogP contribution in [0.1, 0.15) is 49.1 Å². The largest absolute Gasteiger partial charge is 0.311 e. The van der Waals surface area contributed by atoms with Crippen LogP contribution in [0, 0.1) is 12.8 Å². The molecule has 0 saturated heterocycles. The summed E-state index contributed by atoms with van der Waals surface area (Å²) in [6.07, 6.45) is 5.29. The minimum absolute atomic E-state index is 0.275. The fraction of sp³-hybridized carbons (Fsp3) is 0.750. The van der Waals surface area contributed by atoms with Crippen molar-refractivity contribution in [3.8, 4) is 0 Å². The third-order valence-corrected chi connectivity index (χ3v) is 6.10. The molecule has 1 aromatic heterocycles. The predicted molar refractivity (Wildman–Crippen MR) is 84.9 cm³/mol. The molecule has 2 rings (SSSR count). The fourth-order valence-corrected chi connectivity index (χ4v) is 4.73. The molecule has 1 aliphatic rings. The Bertz CT molecular complexity index is 403. The molecule has 0 aromatic carbocycles. The van der Waals surface area contributed by atoms with Crippen LogP contribution in [-0.4, -0.2) is 31.6 Å². The van der Waals surface area contributed by atoms with Gasteiger partial charge in [0.1, 0.15) is 0 Å². The number of hydrogen-bond donors (Lipinski definition) is 1. The van der Waals surface area contributed by atoms with E-state index in [2.05, 4.69) is 56.7 Å². The lowest BCUT2D eigenvalue weighted by atomic mass is 9.71. The van der Waals surface area contributed by atoms with Crippen LogP contribution in [0.2, 0.25) is 0 Å². The molecule has 1 aliphatic carbocycles. The highest BCUT2D eigenvalue weighted by atomic mass is 32.1. The number of nitrogens with one attached hydrogen (secondary N) is 1. The molecule has 1 N–H and O–H groups in total. The molecule has 0 aliphatic heterocycles. The van der Waals surface area contributed by atoms with Crippen LogP contribution in [0.3, 0.4) is 0 Å². The van der Waals surface area contributed by atoms with E-state index in [9.17, 15) is 0 Å². The SMILES string of the molecule is CNC(c1sccc1C)C1(N(C)C)CCC(C)CC1. The van der Waals surface area contributed by atoms with Crippen molar-refractivity contribution in [2.24, 2.45) is 5.92 Å². The number of thiophene rings is 1. The minimum atomic E-state index is 0.275. The molecule has 1 heterocycles. The third-order valence-electron chi connectivity index (χ3n) is 5.02. The molecule has 0 bridgehead atoms. The van der Waals surface area contributed by atoms with Crippen molar-refractivity contribution in [3.63, 3.8) is 0 Å². The number of hydrogen-bond acceptors (Lipinski definition) is 3. The molecule has 0 spiro atoms. The Labute approximate surface area is 122 Å². The standard InChI is InChI=1S/C16H28N2S/c1-12-6-9-16(10-7-12,18(4)5)15(17-3)14-13(2)8-11-19-14/h8,11-12,15,17H,6-7,9-10H2,1-5H3. The Kier molecular flexibility index (Phi) is 4.70. The van der Waals surface area contributed by atoms with Crippen LogP contribution >= 0.6 is 11.3 Å². The molecule has 2 nitrogen and oxygen atoms in total. The summed E-state index contributed by atoms with van der Waals surface area (Å²) in [5.41, 5.74) is 1.71. The highest BCUT2D eigenvalue weighted by molar-refractivity contribution is 7.10. The van der Waals surface area contributed by atoms with Crippen molar-refractivity contribution >= 4 is 11.3 Å². The maximum atomic E-state index is 3.62. The second kappa shape index (κ2) is 5.94. The normalized spacial score (nSPS) is 29.7. The van der Waals surface area contributed by atoms with Crippen molar-refractivity contribution in [3.05, 3.63) is 21.9 Å². The van der Waals surface area contributed by atoms with Gasteiger partial charge in [-0.1, -0.05) is 6.92 Å². The van der Waals surface area contributed by atoms with E-state index in [1.165, 1.54) is 36.1 Å². The molecular formula is C16H28N2S. The Morgan fingerprint density at radius 3 is 2.42 bits per heavy atom. The van der Waals surface area contributed by atoms with E-state index in [0.29, 0.717) is 6.04 Å². The second-order valence-electron chi connectivity index (χ2n) is 6.37. The number of likely N-dealkylation sites (N-methyl/N-ethyl adjacent to an activating group) is 2. The van der Waals surface area contributed by atoms with Gasteiger partial charge in [-0.05, 0) is 76.7 Å². The van der Waals surface area contributed by atoms with E-state index < -0.39 is 0 Å². The topological polar surface area (TPSA) is 15.3 Å². The van der Waals surface area contributed by atoms with E-state index >= 15 is 0 Å². The van der Waals surface area contributed by atoms with Crippen molar-refractivity contribution in [2.75, 3.05) is 21.1 Å². The Morgan fingerprint density at radius 1 is 1.37 bits per heavy atom. The fourth-order valence-electron chi connectivity index (χ4n) is 3.58. The van der Waals surface area contributed by atoms with Crippen LogP contribution in [0.15, 0.2) is 11.4 Å². The molecule has 108 valence electrons. The maximum Gasteiger partial charge on any atom is 0.0601 e. The first kappa shape index (κ1) is 15.0. The summed E-state index contributed by atoms with van der Waals surface area (Å²) in [6.45, 7) is 4.63. The lowest BCUT2D eigenvalue weighted by Crippen LogP contribution is -2.54. The van der Waals surface area contributed by atoms with Crippen LogP contribution < -0.4 is 5.32 Å². The molecule has 1 saturated carbocycles. The summed E-state index contributed by atoms with van der Waals surface area (Å²) in [5, 5.41) is 5.85. The quantitative estimate of drug-likeness (QED) is 0.902. The Balaban J connectivity index is 2.34. The van der Waals surface area contributed by atoms with Gasteiger partial charge in [-0.25, -0.2) is 0 Å². The summed E-state index contributed by atoms with van der Waals surface area (Å²) in [7, 11) is 6.62. The first-order chi connectivity index (χ1) is 9.01. The monoisotopic (exact) mass is 280 g/mol. The highest BCUT2D eigenvalue weighted by Crippen LogP contribution is 2.45. The summed E-state index contributed by atoms with van der Waals surface area (Å²) < 4.78 is 0. The van der Waals surface area contributed by atoms with Crippen LogP contribution in [0.4, 0.5) is 0 Å². The predicted octanol–water partition coefficient (Wildman–Crippen LogP) is 3.83. The van der Waals surface area contributed by atoms with Crippen molar-refractivity contribution in [1.82, 2.24) is 10.2 Å². The van der Waals surface area contributed by atoms with Gasteiger partial charge >= 0.3 is 0 Å². The molecular weight excluding hydrogens is 252 g/mol. The Morgan fingerprint density at radius 2 is 2.00 bits per heavy atom. The van der Waals surface area contributed by atoms with Gasteiger partial charge in [0.2, 0.25) is 0 Å². The van der Waals surface area contributed by atoms with E-state index in [4.69, 9.17) is 0 Å². The Hall–Kier alpha value is -0.380. The zero-order chi connectivity index (χ0) is 14.0. The van der Waals surface area contributed by atoms with Gasteiger partial charge in [-0.3, -0.25) is 0 Å². The zero-order valence-corrected chi connectivity index (χ0v) is 13.8. The van der Waals surface area contributed by atoms with Gasteiger partial charge in [-0.2, -0.15) is 0 Å². The van der Waals surface area contributed by atoms with Crippen molar-refractivity contribution in [1.29, 1.82) is 0 Å². The van der Waals surface area contributed by atoms with Gasteiger partial charge in [0.25, 0.3) is 0 Å².